The molecule has 1 aliphatic heterocycles. The number of aromatic nitrogens is 1. The summed E-state index contributed by atoms with van der Waals surface area (Å²) in [4.78, 5) is 8.99. The van der Waals surface area contributed by atoms with Gasteiger partial charge in [0.25, 0.3) is 0 Å². The van der Waals surface area contributed by atoms with Crippen LogP contribution in [0.2, 0.25) is 0 Å². The molecule has 0 spiro atoms. The minimum Gasteiger partial charge on any atom is -0.369 e. The molecule has 1 N–H and O–H groups in total. The maximum Gasteiger partial charge on any atom is 0.0397 e. The van der Waals surface area contributed by atoms with E-state index in [-0.39, 0.29) is 0 Å². The fraction of sp³-hybridized carbons (Fsp3) is 0.500. The molecular weight excluding hydrogens is 224 g/mol. The van der Waals surface area contributed by atoms with Gasteiger partial charge in [0.05, 0.1) is 0 Å². The summed E-state index contributed by atoms with van der Waals surface area (Å²) in [5.41, 5.74) is 1.29. The van der Waals surface area contributed by atoms with E-state index in [4.69, 9.17) is 0 Å². The highest BCUT2D eigenvalue weighted by molar-refractivity contribution is 5.44. The van der Waals surface area contributed by atoms with Crippen LogP contribution in [0.5, 0.6) is 0 Å². The van der Waals surface area contributed by atoms with Crippen molar-refractivity contribution in [1.82, 2.24) is 15.2 Å². The Morgan fingerprint density at radius 3 is 2.33 bits per heavy atom. The smallest absolute Gasteiger partial charge is 0.0397 e. The highest BCUT2D eigenvalue weighted by Crippen LogP contribution is 2.14. The Bertz CT molecular complexity index is 307. The van der Waals surface area contributed by atoms with Gasteiger partial charge in [0, 0.05) is 57.3 Å². The molecule has 1 aromatic heterocycles. The van der Waals surface area contributed by atoms with E-state index in [1.165, 1.54) is 5.69 Å². The number of rotatable bonds is 4. The number of nitrogens with one attached hydrogen (secondary N) is 1. The maximum atomic E-state index is 4.05. The summed E-state index contributed by atoms with van der Waals surface area (Å²) in [5.74, 6) is 0. The first kappa shape index (κ1) is 14.7. The fourth-order valence-corrected chi connectivity index (χ4v) is 2.05. The van der Waals surface area contributed by atoms with Crippen LogP contribution < -0.4 is 10.2 Å². The highest BCUT2D eigenvalue weighted by atomic mass is 15.3. The van der Waals surface area contributed by atoms with E-state index >= 15 is 0 Å². The van der Waals surface area contributed by atoms with E-state index in [0.717, 1.165) is 39.3 Å². The second-order valence-corrected chi connectivity index (χ2v) is 4.14. The normalized spacial score (nSPS) is 15.9. The Hall–Kier alpha value is -1.39. The van der Waals surface area contributed by atoms with Crippen molar-refractivity contribution in [2.45, 2.75) is 0 Å². The molecule has 1 aromatic rings. The highest BCUT2D eigenvalue weighted by Gasteiger charge is 2.16. The zero-order valence-electron chi connectivity index (χ0n) is 11.3. The molecule has 0 aromatic carbocycles. The molecule has 100 valence electrons. The lowest BCUT2D eigenvalue weighted by molar-refractivity contribution is 0.260. The van der Waals surface area contributed by atoms with Gasteiger partial charge in [-0.3, -0.25) is 9.88 Å². The predicted molar refractivity (Wildman–Crippen MR) is 78.1 cm³/mol. The van der Waals surface area contributed by atoms with E-state index < -0.39 is 0 Å². The molecule has 1 saturated heterocycles. The summed E-state index contributed by atoms with van der Waals surface area (Å²) < 4.78 is 0. The van der Waals surface area contributed by atoms with Crippen LogP contribution in [0, 0.1) is 0 Å². The molecule has 4 nitrogen and oxygen atoms in total. The van der Waals surface area contributed by atoms with Crippen molar-refractivity contribution in [3.05, 3.63) is 37.7 Å². The van der Waals surface area contributed by atoms with E-state index in [1.807, 2.05) is 19.4 Å². The van der Waals surface area contributed by atoms with Gasteiger partial charge in [-0.15, -0.1) is 13.2 Å². The van der Waals surface area contributed by atoms with Crippen molar-refractivity contribution < 1.29 is 0 Å². The third-order valence-corrected chi connectivity index (χ3v) is 3.08. The Labute approximate surface area is 110 Å². The molecule has 0 unspecified atom stereocenters. The van der Waals surface area contributed by atoms with E-state index in [1.54, 1.807) is 0 Å². The average Bonchev–Trinajstić information content (AvgIpc) is 2.49. The van der Waals surface area contributed by atoms with Gasteiger partial charge in [-0.2, -0.15) is 0 Å². The van der Waals surface area contributed by atoms with Crippen molar-refractivity contribution >= 4 is 5.69 Å². The first-order chi connectivity index (χ1) is 8.90. The monoisotopic (exact) mass is 248 g/mol. The Morgan fingerprint density at radius 2 is 1.78 bits per heavy atom. The van der Waals surface area contributed by atoms with Gasteiger partial charge in [-0.1, -0.05) is 0 Å². The zero-order chi connectivity index (χ0) is 13.2. The van der Waals surface area contributed by atoms with E-state index in [0.29, 0.717) is 0 Å². The molecular formula is C14H24N4. The summed E-state index contributed by atoms with van der Waals surface area (Å²) in [6.07, 6.45) is 3.73. The van der Waals surface area contributed by atoms with Crippen molar-refractivity contribution in [3.8, 4) is 0 Å². The third-order valence-electron chi connectivity index (χ3n) is 3.08. The van der Waals surface area contributed by atoms with Crippen LogP contribution in [0.4, 0.5) is 5.69 Å². The molecule has 1 aliphatic rings. The summed E-state index contributed by atoms with van der Waals surface area (Å²) in [7, 11) is 2.01. The van der Waals surface area contributed by atoms with E-state index in [2.05, 4.69) is 45.4 Å². The lowest BCUT2D eigenvalue weighted by Gasteiger charge is -2.36. The van der Waals surface area contributed by atoms with Crippen LogP contribution in [0.1, 0.15) is 0 Å². The second-order valence-electron chi connectivity index (χ2n) is 4.14. The lowest BCUT2D eigenvalue weighted by Crippen LogP contribution is -2.48. The number of hydrogen-bond acceptors (Lipinski definition) is 4. The summed E-state index contributed by atoms with van der Waals surface area (Å²) in [6, 6.07) is 4.17. The van der Waals surface area contributed by atoms with Crippen LogP contribution >= 0.6 is 0 Å². The van der Waals surface area contributed by atoms with Crippen LogP contribution in [0.25, 0.3) is 0 Å². The number of piperazine rings is 1. The zero-order valence-corrected chi connectivity index (χ0v) is 11.3. The van der Waals surface area contributed by atoms with Gasteiger partial charge in [0.1, 0.15) is 0 Å². The Balaban J connectivity index is 0.000000771. The Morgan fingerprint density at radius 1 is 1.17 bits per heavy atom. The predicted octanol–water partition coefficient (Wildman–Crippen LogP) is 1.23. The molecule has 4 heteroatoms. The molecule has 0 amide bonds. The molecule has 0 radical (unpaired) electrons. The van der Waals surface area contributed by atoms with Crippen LogP contribution in [-0.4, -0.2) is 56.2 Å². The molecule has 2 rings (SSSR count). The first-order valence-electron chi connectivity index (χ1n) is 6.42. The van der Waals surface area contributed by atoms with Crippen molar-refractivity contribution in [3.63, 3.8) is 0 Å². The first-order valence-corrected chi connectivity index (χ1v) is 6.42. The van der Waals surface area contributed by atoms with Gasteiger partial charge in [-0.05, 0) is 19.2 Å². The molecule has 1 fully saturated rings. The molecule has 0 atom stereocenters. The fourth-order valence-electron chi connectivity index (χ4n) is 2.05. The van der Waals surface area contributed by atoms with E-state index in [9.17, 15) is 0 Å². The maximum absolute atomic E-state index is 4.05. The third kappa shape index (κ3) is 4.47. The SMILES string of the molecule is C=C.CNCCN1CCN(c2ccncc2)CC1. The molecule has 0 saturated carbocycles. The quantitative estimate of drug-likeness (QED) is 0.812. The molecule has 0 aliphatic carbocycles. The second kappa shape index (κ2) is 8.66. The number of nitrogens with zero attached hydrogens (tertiary/aromatic N) is 3. The van der Waals surface area contributed by atoms with Gasteiger partial charge in [0.15, 0.2) is 0 Å². The standard InChI is InChI=1S/C12H20N4.C2H4/c1-13-6-7-15-8-10-16(11-9-15)12-2-4-14-5-3-12;1-2/h2-5,13H,6-11H2,1H3;1-2H2. The van der Waals surface area contributed by atoms with Gasteiger partial charge < -0.3 is 10.2 Å². The van der Waals surface area contributed by atoms with Crippen LogP contribution in [0.3, 0.4) is 0 Å². The lowest BCUT2D eigenvalue weighted by atomic mass is 10.2. The largest absolute Gasteiger partial charge is 0.369 e. The summed E-state index contributed by atoms with van der Waals surface area (Å²) >= 11 is 0. The van der Waals surface area contributed by atoms with Crippen molar-refractivity contribution in [2.24, 2.45) is 0 Å². The van der Waals surface area contributed by atoms with Crippen LogP contribution in [0.15, 0.2) is 37.7 Å². The number of pyridine rings is 1. The molecule has 0 bridgehead atoms. The number of anilines is 1. The Kier molecular flexibility index (Phi) is 7.06. The summed E-state index contributed by atoms with van der Waals surface area (Å²) in [5, 5.41) is 3.19. The van der Waals surface area contributed by atoms with Crippen molar-refractivity contribution in [1.29, 1.82) is 0 Å². The summed E-state index contributed by atoms with van der Waals surface area (Å²) in [6.45, 7) is 12.8. The van der Waals surface area contributed by atoms with Gasteiger partial charge in [0.2, 0.25) is 0 Å². The van der Waals surface area contributed by atoms with Crippen molar-refractivity contribution in [2.75, 3.05) is 51.2 Å². The number of likely N-dealkylation sites (N-methyl/N-ethyl adjacent to an activating group) is 1. The molecule has 2 heterocycles. The minimum absolute atomic E-state index is 1.08. The average molecular weight is 248 g/mol. The van der Waals surface area contributed by atoms with Crippen LogP contribution in [-0.2, 0) is 0 Å². The topological polar surface area (TPSA) is 31.4 Å². The molecule has 18 heavy (non-hydrogen) atoms. The van der Waals surface area contributed by atoms with Gasteiger partial charge >= 0.3 is 0 Å². The minimum atomic E-state index is 1.08. The van der Waals surface area contributed by atoms with Gasteiger partial charge in [-0.25, -0.2) is 0 Å². The number of hydrogen-bond donors (Lipinski definition) is 1.